The summed E-state index contributed by atoms with van der Waals surface area (Å²) in [5.74, 6) is -1.26. The quantitative estimate of drug-likeness (QED) is 0.822. The Kier molecular flexibility index (Phi) is 4.08. The third-order valence-corrected chi connectivity index (χ3v) is 3.39. The van der Waals surface area contributed by atoms with Crippen molar-refractivity contribution in [3.63, 3.8) is 0 Å². The first-order valence-corrected chi connectivity index (χ1v) is 6.60. The normalized spacial score (nSPS) is 11.7. The van der Waals surface area contributed by atoms with Crippen LogP contribution in [0.15, 0.2) is 22.8 Å². The molecule has 0 atom stereocenters. The number of nitrogens with zero attached hydrogens (tertiary/aromatic N) is 1. The average Bonchev–Trinajstić information content (AvgIpc) is 2.38. The highest BCUT2D eigenvalue weighted by Crippen LogP contribution is 2.39. The van der Waals surface area contributed by atoms with E-state index in [9.17, 15) is 23.1 Å². The van der Waals surface area contributed by atoms with Crippen LogP contribution in [0, 0.1) is 0 Å². The van der Waals surface area contributed by atoms with Crippen molar-refractivity contribution >= 4 is 32.8 Å². The summed E-state index contributed by atoms with van der Waals surface area (Å²) in [4.78, 5) is 15.4. The number of fused-ring (bicyclic) bond motifs is 1. The van der Waals surface area contributed by atoms with E-state index in [4.69, 9.17) is 4.74 Å². The summed E-state index contributed by atoms with van der Waals surface area (Å²) in [6, 6.07) is 1.87. The van der Waals surface area contributed by atoms with Crippen LogP contribution in [0.3, 0.4) is 0 Å². The van der Waals surface area contributed by atoms with Crippen LogP contribution in [-0.4, -0.2) is 22.7 Å². The molecule has 0 aliphatic heterocycles. The maximum absolute atomic E-state index is 12.8. The van der Waals surface area contributed by atoms with Gasteiger partial charge < -0.3 is 9.84 Å². The second-order valence-corrected chi connectivity index (χ2v) is 4.94. The second-order valence-electron chi connectivity index (χ2n) is 4.09. The first-order chi connectivity index (χ1) is 9.75. The van der Waals surface area contributed by atoms with Gasteiger partial charge in [-0.3, -0.25) is 4.98 Å². The van der Waals surface area contributed by atoms with Gasteiger partial charge in [0.05, 0.1) is 17.7 Å². The first kappa shape index (κ1) is 15.6. The molecule has 0 unspecified atom stereocenters. The van der Waals surface area contributed by atoms with E-state index < -0.39 is 23.5 Å². The number of alkyl halides is 3. The molecule has 0 saturated heterocycles. The maximum atomic E-state index is 12.8. The molecule has 8 heteroatoms. The molecule has 0 spiro atoms. The molecule has 2 aromatic rings. The highest BCUT2D eigenvalue weighted by atomic mass is 79.9. The Morgan fingerprint density at radius 3 is 2.67 bits per heavy atom. The molecule has 0 aliphatic rings. The van der Waals surface area contributed by atoms with E-state index in [1.54, 1.807) is 6.92 Å². The monoisotopic (exact) mass is 363 g/mol. The number of aromatic nitrogens is 1. The molecule has 1 aromatic heterocycles. The number of pyridine rings is 1. The van der Waals surface area contributed by atoms with Crippen LogP contribution in [0.1, 0.15) is 22.8 Å². The molecule has 0 bridgehead atoms. The van der Waals surface area contributed by atoms with E-state index in [-0.39, 0.29) is 27.5 Å². The molecule has 112 valence electrons. The fourth-order valence-electron chi connectivity index (χ4n) is 1.77. The molecule has 1 heterocycles. The summed E-state index contributed by atoms with van der Waals surface area (Å²) in [7, 11) is 0. The highest BCUT2D eigenvalue weighted by molar-refractivity contribution is 9.10. The lowest BCUT2D eigenvalue weighted by Gasteiger charge is -2.12. The van der Waals surface area contributed by atoms with Crippen LogP contribution in [0.25, 0.3) is 10.9 Å². The van der Waals surface area contributed by atoms with E-state index >= 15 is 0 Å². The predicted octanol–water partition coefficient (Wildman–Crippen LogP) is 3.90. The van der Waals surface area contributed by atoms with Crippen molar-refractivity contribution < 1.29 is 27.8 Å². The number of aromatic hydroxyl groups is 1. The number of hydrogen-bond donors (Lipinski definition) is 1. The topological polar surface area (TPSA) is 59.4 Å². The number of esters is 1. The molecule has 0 fully saturated rings. The summed E-state index contributed by atoms with van der Waals surface area (Å²) < 4.78 is 42.9. The molecule has 0 radical (unpaired) electrons. The molecule has 0 saturated carbocycles. The Morgan fingerprint density at radius 2 is 2.10 bits per heavy atom. The zero-order valence-corrected chi connectivity index (χ0v) is 12.2. The van der Waals surface area contributed by atoms with Gasteiger partial charge in [0.2, 0.25) is 0 Å². The Balaban J connectivity index is 2.65. The van der Waals surface area contributed by atoms with Crippen molar-refractivity contribution in [1.29, 1.82) is 0 Å². The minimum atomic E-state index is -4.55. The van der Waals surface area contributed by atoms with E-state index in [0.717, 1.165) is 18.3 Å². The van der Waals surface area contributed by atoms with Gasteiger partial charge in [-0.1, -0.05) is 15.9 Å². The SMILES string of the molecule is CCOC(=O)c1cnc2cc(C(F)(F)F)c(Br)cc2c1O. The Morgan fingerprint density at radius 1 is 1.43 bits per heavy atom. The zero-order valence-electron chi connectivity index (χ0n) is 10.7. The van der Waals surface area contributed by atoms with Crippen LogP contribution >= 0.6 is 15.9 Å². The van der Waals surface area contributed by atoms with Crippen molar-refractivity contribution in [3.8, 4) is 5.75 Å². The average molecular weight is 364 g/mol. The number of carbonyl (C=O) groups excluding carboxylic acids is 1. The summed E-state index contributed by atoms with van der Waals surface area (Å²) in [6.07, 6.45) is -3.56. The summed E-state index contributed by atoms with van der Waals surface area (Å²) in [5, 5.41) is 10.0. The smallest absolute Gasteiger partial charge is 0.417 e. The summed E-state index contributed by atoms with van der Waals surface area (Å²) >= 11 is 2.80. The van der Waals surface area contributed by atoms with E-state index in [0.29, 0.717) is 0 Å². The fraction of sp³-hybridized carbons (Fsp3) is 0.231. The number of benzene rings is 1. The van der Waals surface area contributed by atoms with Crippen LogP contribution < -0.4 is 0 Å². The van der Waals surface area contributed by atoms with Crippen molar-refractivity contribution in [2.45, 2.75) is 13.1 Å². The fourth-order valence-corrected chi connectivity index (χ4v) is 2.34. The standard InChI is InChI=1S/C13H9BrF3NO3/c1-2-21-12(20)7-5-18-10-4-8(13(15,16)17)9(14)3-6(10)11(7)19/h3-5H,2H2,1H3,(H,18,19). The van der Waals surface area contributed by atoms with Crippen molar-refractivity contribution in [3.05, 3.63) is 33.9 Å². The van der Waals surface area contributed by atoms with E-state index in [2.05, 4.69) is 20.9 Å². The van der Waals surface area contributed by atoms with Crippen molar-refractivity contribution in [2.75, 3.05) is 6.61 Å². The van der Waals surface area contributed by atoms with Gasteiger partial charge in [0.1, 0.15) is 11.3 Å². The van der Waals surface area contributed by atoms with Gasteiger partial charge in [-0.25, -0.2) is 4.79 Å². The molecular formula is C13H9BrF3NO3. The number of hydrogen-bond acceptors (Lipinski definition) is 4. The number of ether oxygens (including phenoxy) is 1. The first-order valence-electron chi connectivity index (χ1n) is 5.81. The Hall–Kier alpha value is -1.83. The number of halogens is 4. The highest BCUT2D eigenvalue weighted by Gasteiger charge is 2.33. The van der Waals surface area contributed by atoms with Gasteiger partial charge in [-0.05, 0) is 19.1 Å². The molecule has 0 aliphatic carbocycles. The molecule has 0 amide bonds. The van der Waals surface area contributed by atoms with Crippen LogP contribution in [-0.2, 0) is 10.9 Å². The number of carbonyl (C=O) groups is 1. The lowest BCUT2D eigenvalue weighted by molar-refractivity contribution is -0.138. The molecule has 2 rings (SSSR count). The number of rotatable bonds is 2. The van der Waals surface area contributed by atoms with E-state index in [1.165, 1.54) is 0 Å². The summed E-state index contributed by atoms with van der Waals surface area (Å²) in [5.41, 5.74) is -1.18. The second kappa shape index (κ2) is 5.51. The van der Waals surface area contributed by atoms with Gasteiger partial charge in [0, 0.05) is 16.1 Å². The predicted molar refractivity (Wildman–Crippen MR) is 72.1 cm³/mol. The van der Waals surface area contributed by atoms with Gasteiger partial charge >= 0.3 is 12.1 Å². The minimum Gasteiger partial charge on any atom is -0.506 e. The van der Waals surface area contributed by atoms with Crippen molar-refractivity contribution in [1.82, 2.24) is 4.98 Å². The minimum absolute atomic E-state index is 0.0282. The van der Waals surface area contributed by atoms with Gasteiger partial charge in [0.25, 0.3) is 0 Å². The maximum Gasteiger partial charge on any atom is 0.417 e. The largest absolute Gasteiger partial charge is 0.506 e. The van der Waals surface area contributed by atoms with Gasteiger partial charge in [-0.15, -0.1) is 0 Å². The van der Waals surface area contributed by atoms with E-state index in [1.807, 2.05) is 0 Å². The molecular weight excluding hydrogens is 355 g/mol. The molecule has 1 aromatic carbocycles. The molecule has 1 N–H and O–H groups in total. The Labute approximate surface area is 125 Å². The zero-order chi connectivity index (χ0) is 15.8. The Bertz CT molecular complexity index is 716. The van der Waals surface area contributed by atoms with Gasteiger partial charge in [0.15, 0.2) is 0 Å². The molecule has 21 heavy (non-hydrogen) atoms. The summed E-state index contributed by atoms with van der Waals surface area (Å²) in [6.45, 7) is 1.70. The van der Waals surface area contributed by atoms with Crippen LogP contribution in [0.2, 0.25) is 0 Å². The van der Waals surface area contributed by atoms with Crippen molar-refractivity contribution in [2.24, 2.45) is 0 Å². The lowest BCUT2D eigenvalue weighted by atomic mass is 10.1. The van der Waals surface area contributed by atoms with Crippen LogP contribution in [0.5, 0.6) is 5.75 Å². The van der Waals surface area contributed by atoms with Crippen LogP contribution in [0.4, 0.5) is 13.2 Å². The third kappa shape index (κ3) is 2.94. The lowest BCUT2D eigenvalue weighted by Crippen LogP contribution is -2.08. The third-order valence-electron chi connectivity index (χ3n) is 2.73. The molecule has 4 nitrogen and oxygen atoms in total. The van der Waals surface area contributed by atoms with Gasteiger partial charge in [-0.2, -0.15) is 13.2 Å².